The second-order valence-corrected chi connectivity index (χ2v) is 7.06. The van der Waals surface area contributed by atoms with Crippen molar-refractivity contribution in [1.29, 1.82) is 0 Å². The summed E-state index contributed by atoms with van der Waals surface area (Å²) in [5, 5.41) is 24.6. The summed E-state index contributed by atoms with van der Waals surface area (Å²) in [7, 11) is 0. The number of fused-ring (bicyclic) bond motifs is 1. The van der Waals surface area contributed by atoms with Crippen molar-refractivity contribution in [2.75, 3.05) is 5.75 Å². The van der Waals surface area contributed by atoms with Gasteiger partial charge in [-0.3, -0.25) is 14.2 Å². The van der Waals surface area contributed by atoms with Crippen LogP contribution in [-0.2, 0) is 17.9 Å². The lowest BCUT2D eigenvalue weighted by atomic mass is 10.2. The van der Waals surface area contributed by atoms with Gasteiger partial charge in [0, 0.05) is 0 Å². The normalized spacial score (nSPS) is 11.2. The molecular formula is C17H15N7O4S. The van der Waals surface area contributed by atoms with Crippen LogP contribution in [-0.4, -0.2) is 51.6 Å². The second kappa shape index (κ2) is 7.83. The highest BCUT2D eigenvalue weighted by molar-refractivity contribution is 7.99. The molecule has 0 amide bonds. The summed E-state index contributed by atoms with van der Waals surface area (Å²) in [4.78, 5) is 27.5. The maximum Gasteiger partial charge on any atom is 0.314 e. The summed E-state index contributed by atoms with van der Waals surface area (Å²) >= 11 is 0.942. The monoisotopic (exact) mass is 413 g/mol. The van der Waals surface area contributed by atoms with Crippen LogP contribution >= 0.6 is 11.8 Å². The summed E-state index contributed by atoms with van der Waals surface area (Å²) in [6, 6.07) is 7.40. The summed E-state index contributed by atoms with van der Waals surface area (Å²) in [6.07, 6.45) is 1.69. The molecule has 148 valence electrons. The molecule has 0 aliphatic carbocycles. The van der Waals surface area contributed by atoms with Crippen LogP contribution < -0.4 is 5.56 Å². The number of thioether (sulfide) groups is 1. The van der Waals surface area contributed by atoms with Gasteiger partial charge in [0.05, 0.1) is 23.8 Å². The first kappa shape index (κ1) is 18.8. The van der Waals surface area contributed by atoms with Crippen molar-refractivity contribution >= 4 is 28.8 Å². The number of hydrogen-bond donors (Lipinski definition) is 1. The Labute approximate surface area is 167 Å². The number of aromatic nitrogens is 7. The Morgan fingerprint density at radius 1 is 1.21 bits per heavy atom. The predicted octanol–water partition coefficient (Wildman–Crippen LogP) is 0.953. The van der Waals surface area contributed by atoms with Crippen LogP contribution in [0.1, 0.15) is 17.3 Å². The number of carboxylic acids is 1. The first-order valence-corrected chi connectivity index (χ1v) is 9.50. The summed E-state index contributed by atoms with van der Waals surface area (Å²) < 4.78 is 8.50. The smallest absolute Gasteiger partial charge is 0.314 e. The lowest BCUT2D eigenvalue weighted by Crippen LogP contribution is -2.24. The van der Waals surface area contributed by atoms with E-state index >= 15 is 0 Å². The molecule has 0 spiro atoms. The highest BCUT2D eigenvalue weighted by Crippen LogP contribution is 2.16. The van der Waals surface area contributed by atoms with Gasteiger partial charge in [-0.15, -0.1) is 15.3 Å². The van der Waals surface area contributed by atoms with Crippen molar-refractivity contribution in [3.8, 4) is 0 Å². The van der Waals surface area contributed by atoms with Gasteiger partial charge in [0.1, 0.15) is 23.7 Å². The van der Waals surface area contributed by atoms with Crippen LogP contribution in [0.5, 0.6) is 0 Å². The molecule has 3 aromatic heterocycles. The minimum atomic E-state index is -0.968. The van der Waals surface area contributed by atoms with E-state index in [0.29, 0.717) is 11.4 Å². The zero-order valence-corrected chi connectivity index (χ0v) is 16.0. The van der Waals surface area contributed by atoms with E-state index in [0.717, 1.165) is 22.8 Å². The largest absolute Gasteiger partial charge is 0.481 e. The van der Waals surface area contributed by atoms with Crippen LogP contribution in [0.4, 0.5) is 0 Å². The Morgan fingerprint density at radius 2 is 2.03 bits per heavy atom. The molecular weight excluding hydrogens is 398 g/mol. The first-order valence-electron chi connectivity index (χ1n) is 8.52. The molecule has 12 heteroatoms. The van der Waals surface area contributed by atoms with Crippen LogP contribution in [0.3, 0.4) is 0 Å². The number of benzene rings is 1. The molecule has 0 unspecified atom stereocenters. The zero-order chi connectivity index (χ0) is 20.4. The van der Waals surface area contributed by atoms with Crippen molar-refractivity contribution in [2.45, 2.75) is 25.2 Å². The van der Waals surface area contributed by atoms with Crippen LogP contribution in [0.2, 0.25) is 0 Å². The molecule has 0 radical (unpaired) electrons. The van der Waals surface area contributed by atoms with Crippen molar-refractivity contribution in [1.82, 2.24) is 34.7 Å². The average Bonchev–Trinajstić information content (AvgIpc) is 3.33. The fourth-order valence-corrected chi connectivity index (χ4v) is 3.25. The highest BCUT2D eigenvalue weighted by atomic mass is 32.2. The Hall–Kier alpha value is -3.54. The minimum absolute atomic E-state index is 0.164. The molecule has 0 aliphatic heterocycles. The van der Waals surface area contributed by atoms with E-state index in [1.54, 1.807) is 17.7 Å². The van der Waals surface area contributed by atoms with Gasteiger partial charge in [-0.2, -0.15) is 0 Å². The summed E-state index contributed by atoms with van der Waals surface area (Å²) in [5.74, 6) is -0.857. The molecule has 1 N–H and O–H groups in total. The van der Waals surface area contributed by atoms with Gasteiger partial charge in [0.15, 0.2) is 0 Å². The summed E-state index contributed by atoms with van der Waals surface area (Å²) in [5.41, 5.74) is 2.26. The van der Waals surface area contributed by atoms with E-state index in [-0.39, 0.29) is 35.5 Å². The Bertz CT molecular complexity index is 1250. The van der Waals surface area contributed by atoms with Crippen molar-refractivity contribution in [3.63, 3.8) is 0 Å². The number of nitrogens with zero attached hydrogens (tertiary/aromatic N) is 7. The van der Waals surface area contributed by atoms with Crippen molar-refractivity contribution in [3.05, 3.63) is 58.1 Å². The van der Waals surface area contributed by atoms with E-state index in [4.69, 9.17) is 9.52 Å². The van der Waals surface area contributed by atoms with Gasteiger partial charge < -0.3 is 9.52 Å². The lowest BCUT2D eigenvalue weighted by molar-refractivity contribution is -0.133. The van der Waals surface area contributed by atoms with Crippen molar-refractivity contribution < 1.29 is 14.3 Å². The third kappa shape index (κ3) is 4.16. The third-order valence-electron chi connectivity index (χ3n) is 3.99. The molecule has 0 atom stereocenters. The maximum atomic E-state index is 12.6. The Morgan fingerprint density at radius 3 is 2.86 bits per heavy atom. The number of para-hydroxylation sites is 2. The van der Waals surface area contributed by atoms with E-state index in [9.17, 15) is 9.59 Å². The van der Waals surface area contributed by atoms with Gasteiger partial charge in [-0.05, 0) is 19.1 Å². The van der Waals surface area contributed by atoms with Gasteiger partial charge in [0.25, 0.3) is 10.8 Å². The quantitative estimate of drug-likeness (QED) is 0.435. The fourth-order valence-electron chi connectivity index (χ4n) is 2.75. The molecule has 4 rings (SSSR count). The van der Waals surface area contributed by atoms with Crippen LogP contribution in [0.25, 0.3) is 11.0 Å². The van der Waals surface area contributed by atoms with E-state index in [1.165, 1.54) is 4.68 Å². The van der Waals surface area contributed by atoms with E-state index in [2.05, 4.69) is 25.5 Å². The topological polar surface area (TPSA) is 142 Å². The fraction of sp³-hybridized carbons (Fsp3) is 0.235. The van der Waals surface area contributed by atoms with Gasteiger partial charge in [-0.25, -0.2) is 9.67 Å². The van der Waals surface area contributed by atoms with Gasteiger partial charge >= 0.3 is 5.97 Å². The summed E-state index contributed by atoms with van der Waals surface area (Å²) in [6.45, 7) is 2.10. The van der Waals surface area contributed by atoms with E-state index in [1.807, 2.05) is 24.3 Å². The molecule has 1 aromatic carbocycles. The molecule has 0 aliphatic rings. The SMILES string of the molecule is Cc1nc2ccccc2n(Cc2cn(Cc3nnc(SCC(=O)O)o3)nn2)c1=O. The number of aliphatic carboxylic acids is 1. The highest BCUT2D eigenvalue weighted by Gasteiger charge is 2.13. The molecule has 0 saturated carbocycles. The Kier molecular flexibility index (Phi) is 5.08. The minimum Gasteiger partial charge on any atom is -0.481 e. The lowest BCUT2D eigenvalue weighted by Gasteiger charge is -2.09. The number of rotatable bonds is 7. The maximum absolute atomic E-state index is 12.6. The second-order valence-electron chi connectivity index (χ2n) is 6.13. The number of aryl methyl sites for hydroxylation is 1. The third-order valence-corrected chi connectivity index (χ3v) is 4.79. The molecule has 0 fully saturated rings. The van der Waals surface area contributed by atoms with Gasteiger partial charge in [0.2, 0.25) is 5.89 Å². The average molecular weight is 413 g/mol. The van der Waals surface area contributed by atoms with Crippen LogP contribution in [0.15, 0.2) is 44.9 Å². The van der Waals surface area contributed by atoms with Crippen LogP contribution in [0, 0.1) is 6.92 Å². The first-order chi connectivity index (χ1) is 14.0. The number of carboxylic acid groups (broad SMARTS) is 1. The van der Waals surface area contributed by atoms with E-state index < -0.39 is 5.97 Å². The molecule has 4 aromatic rings. The van der Waals surface area contributed by atoms with Crippen molar-refractivity contribution in [2.24, 2.45) is 0 Å². The molecule has 29 heavy (non-hydrogen) atoms. The number of hydrogen-bond acceptors (Lipinski definition) is 9. The zero-order valence-electron chi connectivity index (χ0n) is 15.2. The molecule has 0 bridgehead atoms. The molecule has 3 heterocycles. The number of carbonyl (C=O) groups is 1. The predicted molar refractivity (Wildman–Crippen MR) is 102 cm³/mol. The Balaban J connectivity index is 1.52. The molecule has 0 saturated heterocycles. The molecule has 11 nitrogen and oxygen atoms in total. The standard InChI is InChI=1S/C17H15N7O4S/c1-10-16(27)24(13-5-3-2-4-12(13)18-10)7-11-6-23(22-19-11)8-14-20-21-17(28-14)29-9-15(25)26/h2-6H,7-9H2,1H3,(H,25,26). The van der Waals surface area contributed by atoms with Gasteiger partial charge in [-0.1, -0.05) is 29.1 Å².